The Bertz CT molecular complexity index is 601. The van der Waals surface area contributed by atoms with E-state index in [0.29, 0.717) is 6.42 Å². The fourth-order valence-corrected chi connectivity index (χ4v) is 2.62. The Balaban J connectivity index is 3.08. The van der Waals surface area contributed by atoms with E-state index >= 15 is 0 Å². The third kappa shape index (κ3) is 4.52. The molecule has 20 heavy (non-hydrogen) atoms. The second-order valence-electron chi connectivity index (χ2n) is 4.33. The Morgan fingerprint density at radius 2 is 2.15 bits per heavy atom. The molecule has 5 nitrogen and oxygen atoms in total. The van der Waals surface area contributed by atoms with Gasteiger partial charge in [-0.05, 0) is 28.7 Å². The first-order valence-electron chi connectivity index (χ1n) is 5.64. The van der Waals surface area contributed by atoms with E-state index in [1.165, 1.54) is 0 Å². The Morgan fingerprint density at radius 3 is 2.70 bits per heavy atom. The first kappa shape index (κ1) is 16.5. The first-order chi connectivity index (χ1) is 9.35. The summed E-state index contributed by atoms with van der Waals surface area (Å²) < 4.78 is 13.6. The van der Waals surface area contributed by atoms with Crippen LogP contribution in [0.4, 0.5) is 4.39 Å². The van der Waals surface area contributed by atoms with Crippen molar-refractivity contribution >= 4 is 34.4 Å². The van der Waals surface area contributed by atoms with E-state index < -0.39 is 17.3 Å². The van der Waals surface area contributed by atoms with Crippen molar-refractivity contribution in [3.63, 3.8) is 0 Å². The summed E-state index contributed by atoms with van der Waals surface area (Å²) >= 11 is 6.67. The first-order valence-corrected chi connectivity index (χ1v) is 6.83. The second kappa shape index (κ2) is 7.28. The second-order valence-corrected chi connectivity index (χ2v) is 5.84. The molecule has 0 saturated heterocycles. The lowest BCUT2D eigenvalue weighted by Crippen LogP contribution is -2.01. The SMILES string of the molecule is CC(C)CC(=O)Sc1cc(C(=O)N=[N+]=[N-])c(F)cc1Cl. The standard InChI is InChI=1S/C12H11ClFN3O2S/c1-6(2)3-11(18)20-10-4-7(12(19)16-17-15)9(14)5-8(10)13/h4-6H,3H2,1-2H3. The van der Waals surface area contributed by atoms with Crippen LogP contribution in [0.25, 0.3) is 10.4 Å². The smallest absolute Gasteiger partial charge is 0.252 e. The van der Waals surface area contributed by atoms with Crippen LogP contribution in [0.3, 0.4) is 0 Å². The highest BCUT2D eigenvalue weighted by atomic mass is 35.5. The number of nitrogens with zero attached hydrogens (tertiary/aromatic N) is 3. The molecule has 0 aliphatic carbocycles. The van der Waals surface area contributed by atoms with Crippen molar-refractivity contribution in [2.75, 3.05) is 0 Å². The van der Waals surface area contributed by atoms with Gasteiger partial charge in [0.2, 0.25) is 0 Å². The van der Waals surface area contributed by atoms with Gasteiger partial charge in [-0.2, -0.15) is 0 Å². The topological polar surface area (TPSA) is 82.9 Å². The minimum atomic E-state index is -1.06. The Morgan fingerprint density at radius 1 is 1.50 bits per heavy atom. The van der Waals surface area contributed by atoms with E-state index in [4.69, 9.17) is 17.1 Å². The molecule has 0 atom stereocenters. The van der Waals surface area contributed by atoms with Crippen LogP contribution >= 0.6 is 23.4 Å². The lowest BCUT2D eigenvalue weighted by Gasteiger charge is -2.07. The predicted octanol–water partition coefficient (Wildman–Crippen LogP) is 4.59. The molecule has 0 radical (unpaired) electrons. The van der Waals surface area contributed by atoms with Crippen LogP contribution in [0.2, 0.25) is 5.02 Å². The van der Waals surface area contributed by atoms with Crippen LogP contribution in [-0.2, 0) is 4.79 Å². The molecule has 8 heteroatoms. The molecule has 0 bridgehead atoms. The molecule has 0 fully saturated rings. The largest absolute Gasteiger partial charge is 0.287 e. The van der Waals surface area contributed by atoms with Gasteiger partial charge in [0.25, 0.3) is 5.91 Å². The molecule has 1 aromatic rings. The van der Waals surface area contributed by atoms with Crippen molar-refractivity contribution in [3.05, 3.63) is 39.0 Å². The summed E-state index contributed by atoms with van der Waals surface area (Å²) in [6, 6.07) is 2.05. The average molecular weight is 316 g/mol. The van der Waals surface area contributed by atoms with E-state index in [9.17, 15) is 14.0 Å². The molecule has 0 spiro atoms. The molecular weight excluding hydrogens is 305 g/mol. The summed E-state index contributed by atoms with van der Waals surface area (Å²) in [6.45, 7) is 3.78. The van der Waals surface area contributed by atoms with E-state index in [1.807, 2.05) is 13.8 Å². The van der Waals surface area contributed by atoms with Crippen molar-refractivity contribution in [3.8, 4) is 0 Å². The average Bonchev–Trinajstić information content (AvgIpc) is 2.31. The maximum absolute atomic E-state index is 13.6. The van der Waals surface area contributed by atoms with Gasteiger partial charge in [-0.15, -0.1) is 0 Å². The summed E-state index contributed by atoms with van der Waals surface area (Å²) in [6.07, 6.45) is 0.331. The molecule has 106 valence electrons. The molecule has 1 amide bonds. The van der Waals surface area contributed by atoms with Gasteiger partial charge in [-0.1, -0.05) is 37.2 Å². The van der Waals surface area contributed by atoms with Crippen molar-refractivity contribution in [2.24, 2.45) is 11.0 Å². The lowest BCUT2D eigenvalue weighted by atomic mass is 10.2. The molecular formula is C12H11ClFN3O2S. The molecule has 0 aliphatic rings. The summed E-state index contributed by atoms with van der Waals surface area (Å²) in [5, 5.41) is 2.71. The lowest BCUT2D eigenvalue weighted by molar-refractivity contribution is -0.111. The maximum Gasteiger partial charge on any atom is 0.252 e. The Hall–Kier alpha value is -1.56. The van der Waals surface area contributed by atoms with E-state index in [2.05, 4.69) is 10.0 Å². The highest BCUT2D eigenvalue weighted by Gasteiger charge is 2.17. The predicted molar refractivity (Wildman–Crippen MR) is 75.2 cm³/mol. The van der Waals surface area contributed by atoms with E-state index in [-0.39, 0.29) is 21.0 Å². The molecule has 0 saturated carbocycles. The number of carbonyl (C=O) groups excluding carboxylic acids is 2. The van der Waals surface area contributed by atoms with Gasteiger partial charge in [0, 0.05) is 16.2 Å². The number of hydrogen-bond acceptors (Lipinski definition) is 3. The summed E-state index contributed by atoms with van der Waals surface area (Å²) in [5.74, 6) is -1.77. The molecule has 1 aromatic carbocycles. The summed E-state index contributed by atoms with van der Waals surface area (Å²) in [7, 11) is 0. The Labute approximate surface area is 124 Å². The number of azide groups is 1. The fraction of sp³-hybridized carbons (Fsp3) is 0.333. The highest BCUT2D eigenvalue weighted by molar-refractivity contribution is 8.13. The van der Waals surface area contributed by atoms with Crippen LogP contribution in [0, 0.1) is 11.7 Å². The number of rotatable bonds is 4. The zero-order valence-electron chi connectivity index (χ0n) is 10.8. The van der Waals surface area contributed by atoms with Gasteiger partial charge >= 0.3 is 0 Å². The van der Waals surface area contributed by atoms with Gasteiger partial charge in [0.15, 0.2) is 5.12 Å². The highest BCUT2D eigenvalue weighted by Crippen LogP contribution is 2.32. The van der Waals surface area contributed by atoms with Crippen LogP contribution in [0.15, 0.2) is 22.1 Å². The Kier molecular flexibility index (Phi) is 6.01. The maximum atomic E-state index is 13.6. The van der Waals surface area contributed by atoms with Gasteiger partial charge in [-0.25, -0.2) is 4.39 Å². The number of amides is 1. The van der Waals surface area contributed by atoms with Crippen LogP contribution in [0.1, 0.15) is 30.6 Å². The number of thioether (sulfide) groups is 1. The fourth-order valence-electron chi connectivity index (χ4n) is 1.36. The molecule has 0 unspecified atom stereocenters. The molecule has 0 aliphatic heterocycles. The van der Waals surface area contributed by atoms with Crippen LogP contribution in [0.5, 0.6) is 0 Å². The zero-order chi connectivity index (χ0) is 15.3. The monoisotopic (exact) mass is 315 g/mol. The minimum absolute atomic E-state index is 0.0297. The number of hydrogen-bond donors (Lipinski definition) is 0. The van der Waals surface area contributed by atoms with Gasteiger partial charge in [-0.3, -0.25) is 9.59 Å². The van der Waals surface area contributed by atoms with Gasteiger partial charge < -0.3 is 0 Å². The van der Waals surface area contributed by atoms with E-state index in [1.54, 1.807) is 0 Å². The van der Waals surface area contributed by atoms with Crippen molar-refractivity contribution in [1.29, 1.82) is 0 Å². The summed E-state index contributed by atoms with van der Waals surface area (Å²) in [5.41, 5.74) is 7.78. The third-order valence-electron chi connectivity index (χ3n) is 2.19. The quantitative estimate of drug-likeness (QED) is 0.352. The molecule has 0 N–H and O–H groups in total. The molecule has 0 heterocycles. The van der Waals surface area contributed by atoms with Crippen LogP contribution < -0.4 is 0 Å². The minimum Gasteiger partial charge on any atom is -0.287 e. The zero-order valence-corrected chi connectivity index (χ0v) is 12.3. The van der Waals surface area contributed by atoms with Gasteiger partial charge in [0.1, 0.15) is 5.82 Å². The van der Waals surface area contributed by atoms with Crippen molar-refractivity contribution in [2.45, 2.75) is 25.2 Å². The van der Waals surface area contributed by atoms with Crippen LogP contribution in [-0.4, -0.2) is 11.0 Å². The molecule has 1 rings (SSSR count). The molecule has 0 aromatic heterocycles. The normalized spacial score (nSPS) is 10.2. The number of carbonyl (C=O) groups is 2. The van der Waals surface area contributed by atoms with Crippen molar-refractivity contribution in [1.82, 2.24) is 0 Å². The third-order valence-corrected chi connectivity index (χ3v) is 3.56. The van der Waals surface area contributed by atoms with Gasteiger partial charge in [0.05, 0.1) is 10.6 Å². The summed E-state index contributed by atoms with van der Waals surface area (Å²) in [4.78, 5) is 25.7. The van der Waals surface area contributed by atoms with Crippen molar-refractivity contribution < 1.29 is 14.0 Å². The number of benzene rings is 1. The number of halogens is 2. The van der Waals surface area contributed by atoms with E-state index in [0.717, 1.165) is 23.9 Å².